The Balaban J connectivity index is 1.33. The number of anilines is 2. The van der Waals surface area contributed by atoms with Crippen molar-refractivity contribution in [1.82, 2.24) is 25.0 Å². The molecule has 3 aromatic carbocycles. The number of ether oxygens (including phenoxy) is 4. The zero-order valence-corrected chi connectivity index (χ0v) is 23.8. The van der Waals surface area contributed by atoms with Gasteiger partial charge in [0, 0.05) is 55.6 Å². The van der Waals surface area contributed by atoms with E-state index >= 15 is 0 Å². The van der Waals surface area contributed by atoms with Gasteiger partial charge in [-0.2, -0.15) is 0 Å². The number of nitrogens with one attached hydrogen (secondary N) is 1. The molecule has 0 bridgehead atoms. The Morgan fingerprint density at radius 1 is 0.907 bits per heavy atom. The first-order valence-electron chi connectivity index (χ1n) is 13.6. The highest BCUT2D eigenvalue weighted by molar-refractivity contribution is 5.93. The lowest BCUT2D eigenvalue weighted by atomic mass is 10.1. The monoisotopic (exact) mass is 585 g/mol. The van der Waals surface area contributed by atoms with Crippen molar-refractivity contribution >= 4 is 28.1 Å². The van der Waals surface area contributed by atoms with Crippen molar-refractivity contribution in [1.29, 1.82) is 0 Å². The summed E-state index contributed by atoms with van der Waals surface area (Å²) in [6, 6.07) is 18.0. The maximum absolute atomic E-state index is 11.1. The molecule has 43 heavy (non-hydrogen) atoms. The van der Waals surface area contributed by atoms with Gasteiger partial charge >= 0.3 is 0 Å². The van der Waals surface area contributed by atoms with Gasteiger partial charge < -0.3 is 24.3 Å². The fourth-order valence-electron chi connectivity index (χ4n) is 4.36. The molecular formula is C30H31N7O6. The lowest BCUT2D eigenvalue weighted by molar-refractivity contribution is -0.384. The number of nitro groups is 1. The van der Waals surface area contributed by atoms with E-state index in [1.165, 1.54) is 12.4 Å². The van der Waals surface area contributed by atoms with E-state index in [1.54, 1.807) is 31.0 Å². The van der Waals surface area contributed by atoms with E-state index in [4.69, 9.17) is 18.9 Å². The molecule has 0 aliphatic heterocycles. The van der Waals surface area contributed by atoms with Crippen LogP contribution in [0.1, 0.15) is 5.56 Å². The molecule has 1 N–H and O–H groups in total. The number of hydrogen-bond acceptors (Lipinski definition) is 11. The molecule has 13 nitrogen and oxygen atoms in total. The van der Waals surface area contributed by atoms with Crippen LogP contribution in [-0.2, 0) is 22.4 Å². The number of hydrogen-bond donors (Lipinski definition) is 1. The van der Waals surface area contributed by atoms with Crippen LogP contribution in [0.3, 0.4) is 0 Å². The van der Waals surface area contributed by atoms with Crippen molar-refractivity contribution in [3.63, 3.8) is 0 Å². The van der Waals surface area contributed by atoms with Crippen molar-refractivity contribution in [2.24, 2.45) is 0 Å². The molecule has 0 fully saturated rings. The molecule has 13 heteroatoms. The Bertz CT molecular complexity index is 1690. The van der Waals surface area contributed by atoms with Crippen LogP contribution in [0.15, 0.2) is 73.2 Å². The third-order valence-corrected chi connectivity index (χ3v) is 6.50. The SMILES string of the molecule is COCCOc1cc2ncnc(Nc3cccc(-c4cn(CCc5cccc([N+](=O)[O-])c5)nn4)c3)c2cc1OCCOC. The predicted octanol–water partition coefficient (Wildman–Crippen LogP) is 4.83. The lowest BCUT2D eigenvalue weighted by Gasteiger charge is -2.15. The smallest absolute Gasteiger partial charge is 0.269 e. The molecule has 0 aliphatic rings. The number of aryl methyl sites for hydroxylation is 2. The average molecular weight is 586 g/mol. The quantitative estimate of drug-likeness (QED) is 0.102. The molecule has 5 aromatic rings. The van der Waals surface area contributed by atoms with Crippen molar-refractivity contribution in [2.75, 3.05) is 46.0 Å². The summed E-state index contributed by atoms with van der Waals surface area (Å²) < 4.78 is 23.8. The average Bonchev–Trinajstić information content (AvgIpc) is 3.50. The topological polar surface area (TPSA) is 149 Å². The number of rotatable bonds is 15. The predicted molar refractivity (Wildman–Crippen MR) is 160 cm³/mol. The summed E-state index contributed by atoms with van der Waals surface area (Å²) in [5.74, 6) is 1.71. The maximum Gasteiger partial charge on any atom is 0.269 e. The summed E-state index contributed by atoms with van der Waals surface area (Å²) in [6.45, 7) is 2.12. The highest BCUT2D eigenvalue weighted by atomic mass is 16.6. The number of methoxy groups -OCH3 is 2. The first-order chi connectivity index (χ1) is 21.0. The summed E-state index contributed by atoms with van der Waals surface area (Å²) in [7, 11) is 3.23. The number of benzene rings is 3. The molecule has 0 aliphatic carbocycles. The van der Waals surface area contributed by atoms with E-state index in [0.717, 1.165) is 22.2 Å². The zero-order chi connectivity index (χ0) is 30.0. The van der Waals surface area contributed by atoms with Crippen molar-refractivity contribution in [2.45, 2.75) is 13.0 Å². The van der Waals surface area contributed by atoms with E-state index in [-0.39, 0.29) is 5.69 Å². The van der Waals surface area contributed by atoms with Gasteiger partial charge in [-0.05, 0) is 30.2 Å². The lowest BCUT2D eigenvalue weighted by Crippen LogP contribution is -2.09. The molecule has 0 atom stereocenters. The van der Waals surface area contributed by atoms with E-state index in [1.807, 2.05) is 48.7 Å². The van der Waals surface area contributed by atoms with Crippen molar-refractivity contribution in [3.05, 3.63) is 88.9 Å². The molecule has 0 unspecified atom stereocenters. The van der Waals surface area contributed by atoms with Crippen LogP contribution in [0.5, 0.6) is 11.5 Å². The highest BCUT2D eigenvalue weighted by Gasteiger charge is 2.14. The molecule has 2 heterocycles. The Kier molecular flexibility index (Phi) is 9.67. The van der Waals surface area contributed by atoms with Crippen molar-refractivity contribution in [3.8, 4) is 22.8 Å². The first-order valence-corrected chi connectivity index (χ1v) is 13.6. The van der Waals surface area contributed by atoms with Crippen LogP contribution in [0.4, 0.5) is 17.2 Å². The van der Waals surface area contributed by atoms with Gasteiger partial charge in [-0.25, -0.2) is 9.97 Å². The largest absolute Gasteiger partial charge is 0.487 e. The fourth-order valence-corrected chi connectivity index (χ4v) is 4.36. The second-order valence-corrected chi connectivity index (χ2v) is 9.47. The fraction of sp³-hybridized carbons (Fsp3) is 0.267. The first kappa shape index (κ1) is 29.4. The summed E-state index contributed by atoms with van der Waals surface area (Å²) in [5, 5.41) is 23.8. The van der Waals surface area contributed by atoms with Crippen LogP contribution in [0, 0.1) is 10.1 Å². The van der Waals surface area contributed by atoms with Crippen LogP contribution in [0.2, 0.25) is 0 Å². The van der Waals surface area contributed by atoms with E-state index < -0.39 is 4.92 Å². The second kappa shape index (κ2) is 14.2. The molecule has 0 saturated carbocycles. The number of fused-ring (bicyclic) bond motifs is 1. The minimum absolute atomic E-state index is 0.0725. The van der Waals surface area contributed by atoms with Crippen LogP contribution >= 0.6 is 0 Å². The maximum atomic E-state index is 11.1. The third-order valence-electron chi connectivity index (χ3n) is 6.50. The summed E-state index contributed by atoms with van der Waals surface area (Å²) in [5.41, 5.74) is 3.97. The number of aromatic nitrogens is 5. The Morgan fingerprint density at radius 2 is 1.67 bits per heavy atom. The summed E-state index contributed by atoms with van der Waals surface area (Å²) >= 11 is 0. The Hall–Kier alpha value is -5.14. The number of non-ortho nitro benzene ring substituents is 1. The number of nitrogens with zero attached hydrogens (tertiary/aromatic N) is 6. The van der Waals surface area contributed by atoms with Crippen LogP contribution < -0.4 is 14.8 Å². The van der Waals surface area contributed by atoms with E-state index in [0.29, 0.717) is 67.9 Å². The minimum Gasteiger partial charge on any atom is -0.487 e. The molecule has 0 radical (unpaired) electrons. The molecular weight excluding hydrogens is 554 g/mol. The Morgan fingerprint density at radius 3 is 2.44 bits per heavy atom. The third kappa shape index (κ3) is 7.58. The van der Waals surface area contributed by atoms with Crippen molar-refractivity contribution < 1.29 is 23.9 Å². The van der Waals surface area contributed by atoms with E-state index in [2.05, 4.69) is 25.6 Å². The Labute approximate surface area is 247 Å². The van der Waals surface area contributed by atoms with Gasteiger partial charge in [0.05, 0.1) is 29.9 Å². The van der Waals surface area contributed by atoms with E-state index in [9.17, 15) is 10.1 Å². The standard InChI is InChI=1S/C30H31N7O6/c1-40-11-13-42-28-17-25-26(18-29(28)43-14-12-41-2)31-20-32-30(25)33-23-7-4-6-22(16-23)27-19-36(35-34-27)10-9-21-5-3-8-24(15-21)37(38)39/h3-8,15-20H,9-14H2,1-2H3,(H,31,32,33). The molecule has 2 aromatic heterocycles. The van der Waals surface area contributed by atoms with Gasteiger partial charge in [-0.3, -0.25) is 14.8 Å². The molecule has 0 saturated heterocycles. The molecule has 222 valence electrons. The van der Waals surface area contributed by atoms with Gasteiger partial charge in [-0.1, -0.05) is 29.5 Å². The van der Waals surface area contributed by atoms with Gasteiger partial charge in [0.25, 0.3) is 5.69 Å². The molecule has 0 spiro atoms. The highest BCUT2D eigenvalue weighted by Crippen LogP contribution is 2.35. The van der Waals surface area contributed by atoms with Gasteiger partial charge in [0.2, 0.25) is 0 Å². The molecule has 5 rings (SSSR count). The number of nitro benzene ring substituents is 1. The van der Waals surface area contributed by atoms with Crippen LogP contribution in [-0.4, -0.2) is 70.5 Å². The second-order valence-electron chi connectivity index (χ2n) is 9.47. The van der Waals surface area contributed by atoms with Crippen LogP contribution in [0.25, 0.3) is 22.2 Å². The molecule has 0 amide bonds. The minimum atomic E-state index is -0.395. The van der Waals surface area contributed by atoms with Gasteiger partial charge in [0.1, 0.15) is 31.1 Å². The summed E-state index contributed by atoms with van der Waals surface area (Å²) in [4.78, 5) is 19.6. The zero-order valence-electron chi connectivity index (χ0n) is 23.8. The van der Waals surface area contributed by atoms with Gasteiger partial charge in [-0.15, -0.1) is 5.10 Å². The summed E-state index contributed by atoms with van der Waals surface area (Å²) in [6.07, 6.45) is 3.93. The van der Waals surface area contributed by atoms with Gasteiger partial charge in [0.15, 0.2) is 11.5 Å². The normalized spacial score (nSPS) is 11.0.